The highest BCUT2D eigenvalue weighted by Crippen LogP contribution is 2.20. The van der Waals surface area contributed by atoms with Gasteiger partial charge in [0.2, 0.25) is 11.8 Å². The van der Waals surface area contributed by atoms with Crippen molar-refractivity contribution in [1.29, 1.82) is 0 Å². The van der Waals surface area contributed by atoms with Crippen LogP contribution in [-0.4, -0.2) is 68.0 Å². The molecule has 1 saturated heterocycles. The fraction of sp³-hybridized carbons (Fsp3) is 0.556. The molecule has 0 aromatic heterocycles. The lowest BCUT2D eigenvalue weighted by atomic mass is 10.2. The maximum atomic E-state index is 12.4. The standard InChI is InChI=1S/C18H27N3O3/c1-4-24-17-7-5-16(6-8-17)21(15(2)22)10-9-18(23)20-13-11-19(3)12-14-20/h5-8H,4,9-14H2,1-3H3. The predicted octanol–water partition coefficient (Wildman–Crippen LogP) is 1.60. The van der Waals surface area contributed by atoms with Crippen LogP contribution in [-0.2, 0) is 9.59 Å². The van der Waals surface area contributed by atoms with Gasteiger partial charge in [0.15, 0.2) is 0 Å². The van der Waals surface area contributed by atoms with E-state index in [-0.39, 0.29) is 11.8 Å². The number of carbonyl (C=O) groups excluding carboxylic acids is 2. The first-order valence-electron chi connectivity index (χ1n) is 8.48. The van der Waals surface area contributed by atoms with Gasteiger partial charge < -0.3 is 19.4 Å². The van der Waals surface area contributed by atoms with E-state index in [1.807, 2.05) is 36.1 Å². The minimum Gasteiger partial charge on any atom is -0.494 e. The van der Waals surface area contributed by atoms with Crippen LogP contribution in [0.3, 0.4) is 0 Å². The molecule has 2 amide bonds. The number of carbonyl (C=O) groups is 2. The second-order valence-corrected chi connectivity index (χ2v) is 6.03. The zero-order valence-electron chi connectivity index (χ0n) is 14.8. The minimum absolute atomic E-state index is 0.0645. The van der Waals surface area contributed by atoms with Crippen molar-refractivity contribution in [2.75, 3.05) is 51.3 Å². The lowest BCUT2D eigenvalue weighted by Crippen LogP contribution is -2.47. The molecular weight excluding hydrogens is 306 g/mol. The van der Waals surface area contributed by atoms with Crippen LogP contribution in [0.4, 0.5) is 5.69 Å². The summed E-state index contributed by atoms with van der Waals surface area (Å²) in [5.74, 6) is 0.823. The highest BCUT2D eigenvalue weighted by molar-refractivity contribution is 5.92. The number of nitrogens with zero attached hydrogens (tertiary/aromatic N) is 3. The summed E-state index contributed by atoms with van der Waals surface area (Å²) < 4.78 is 5.42. The number of ether oxygens (including phenoxy) is 1. The number of rotatable bonds is 6. The Labute approximate surface area is 144 Å². The first kappa shape index (κ1) is 18.3. The average Bonchev–Trinajstić information content (AvgIpc) is 2.57. The molecule has 24 heavy (non-hydrogen) atoms. The molecule has 132 valence electrons. The molecule has 1 fully saturated rings. The van der Waals surface area contributed by atoms with Gasteiger partial charge in [-0.05, 0) is 38.2 Å². The van der Waals surface area contributed by atoms with Gasteiger partial charge in [-0.3, -0.25) is 9.59 Å². The van der Waals surface area contributed by atoms with Gasteiger partial charge in [0.1, 0.15) is 5.75 Å². The lowest BCUT2D eigenvalue weighted by Gasteiger charge is -2.33. The molecule has 1 heterocycles. The molecule has 6 heteroatoms. The summed E-state index contributed by atoms with van der Waals surface area (Å²) in [6, 6.07) is 7.40. The zero-order chi connectivity index (χ0) is 17.5. The second-order valence-electron chi connectivity index (χ2n) is 6.03. The summed E-state index contributed by atoms with van der Waals surface area (Å²) in [5.41, 5.74) is 0.789. The third kappa shape index (κ3) is 4.96. The van der Waals surface area contributed by atoms with E-state index in [0.29, 0.717) is 19.6 Å². The molecular formula is C18H27N3O3. The number of likely N-dealkylation sites (N-methyl/N-ethyl adjacent to an activating group) is 1. The Bertz CT molecular complexity index is 551. The summed E-state index contributed by atoms with van der Waals surface area (Å²) in [5, 5.41) is 0. The van der Waals surface area contributed by atoms with Gasteiger partial charge in [-0.25, -0.2) is 0 Å². The van der Waals surface area contributed by atoms with Crippen molar-refractivity contribution in [1.82, 2.24) is 9.80 Å². The fourth-order valence-electron chi connectivity index (χ4n) is 2.78. The van der Waals surface area contributed by atoms with Gasteiger partial charge in [-0.1, -0.05) is 0 Å². The van der Waals surface area contributed by atoms with Crippen molar-refractivity contribution in [2.45, 2.75) is 20.3 Å². The quantitative estimate of drug-likeness (QED) is 0.793. The van der Waals surface area contributed by atoms with Crippen LogP contribution in [0.15, 0.2) is 24.3 Å². The third-order valence-electron chi connectivity index (χ3n) is 4.24. The van der Waals surface area contributed by atoms with Crippen LogP contribution in [0.2, 0.25) is 0 Å². The molecule has 0 radical (unpaired) electrons. The van der Waals surface area contributed by atoms with Crippen LogP contribution in [0.25, 0.3) is 0 Å². The van der Waals surface area contributed by atoms with Crippen molar-refractivity contribution in [3.8, 4) is 5.75 Å². The minimum atomic E-state index is -0.0645. The molecule has 0 spiro atoms. The summed E-state index contributed by atoms with van der Waals surface area (Å²) in [6.45, 7) is 7.79. The molecule has 1 aliphatic rings. The molecule has 0 saturated carbocycles. The maximum Gasteiger partial charge on any atom is 0.224 e. The molecule has 2 rings (SSSR count). The van der Waals surface area contributed by atoms with Crippen molar-refractivity contribution < 1.29 is 14.3 Å². The second kappa shape index (κ2) is 8.68. The van der Waals surface area contributed by atoms with Crippen LogP contribution in [0.1, 0.15) is 20.3 Å². The molecule has 0 atom stereocenters. The van der Waals surface area contributed by atoms with Gasteiger partial charge in [-0.15, -0.1) is 0 Å². The van der Waals surface area contributed by atoms with E-state index in [1.165, 1.54) is 6.92 Å². The Morgan fingerprint density at radius 1 is 1.12 bits per heavy atom. The summed E-state index contributed by atoms with van der Waals surface area (Å²) >= 11 is 0. The van der Waals surface area contributed by atoms with Gasteiger partial charge in [-0.2, -0.15) is 0 Å². The summed E-state index contributed by atoms with van der Waals surface area (Å²) in [6.07, 6.45) is 0.344. The summed E-state index contributed by atoms with van der Waals surface area (Å²) in [4.78, 5) is 30.0. The highest BCUT2D eigenvalue weighted by Gasteiger charge is 2.20. The fourth-order valence-corrected chi connectivity index (χ4v) is 2.78. The van der Waals surface area contributed by atoms with Crippen molar-refractivity contribution >= 4 is 17.5 Å². The molecule has 1 aromatic rings. The van der Waals surface area contributed by atoms with Crippen LogP contribution >= 0.6 is 0 Å². The molecule has 1 aliphatic heterocycles. The number of benzene rings is 1. The van der Waals surface area contributed by atoms with E-state index in [0.717, 1.165) is 37.6 Å². The van der Waals surface area contributed by atoms with Gasteiger partial charge in [0.25, 0.3) is 0 Å². The largest absolute Gasteiger partial charge is 0.494 e. The number of hydrogen-bond acceptors (Lipinski definition) is 4. The topological polar surface area (TPSA) is 53.1 Å². The number of anilines is 1. The van der Waals surface area contributed by atoms with Crippen LogP contribution < -0.4 is 9.64 Å². The third-order valence-corrected chi connectivity index (χ3v) is 4.24. The smallest absolute Gasteiger partial charge is 0.224 e. The predicted molar refractivity (Wildman–Crippen MR) is 94.3 cm³/mol. The SMILES string of the molecule is CCOc1ccc(N(CCC(=O)N2CCN(C)CC2)C(C)=O)cc1. The van der Waals surface area contributed by atoms with E-state index in [9.17, 15) is 9.59 Å². The van der Waals surface area contributed by atoms with Crippen molar-refractivity contribution in [2.24, 2.45) is 0 Å². The Morgan fingerprint density at radius 2 is 1.75 bits per heavy atom. The van der Waals surface area contributed by atoms with E-state index in [2.05, 4.69) is 11.9 Å². The van der Waals surface area contributed by atoms with Crippen LogP contribution in [0, 0.1) is 0 Å². The first-order valence-corrected chi connectivity index (χ1v) is 8.48. The lowest BCUT2D eigenvalue weighted by molar-refractivity contribution is -0.132. The number of piperazine rings is 1. The number of amides is 2. The Balaban J connectivity index is 1.93. The van der Waals surface area contributed by atoms with E-state index in [1.54, 1.807) is 4.90 Å². The molecule has 0 N–H and O–H groups in total. The van der Waals surface area contributed by atoms with E-state index in [4.69, 9.17) is 4.74 Å². The normalized spacial score (nSPS) is 15.2. The van der Waals surface area contributed by atoms with Crippen LogP contribution in [0.5, 0.6) is 5.75 Å². The molecule has 0 aliphatic carbocycles. The zero-order valence-corrected chi connectivity index (χ0v) is 14.8. The van der Waals surface area contributed by atoms with E-state index >= 15 is 0 Å². The Morgan fingerprint density at radius 3 is 2.29 bits per heavy atom. The molecule has 0 unspecified atom stereocenters. The van der Waals surface area contributed by atoms with Gasteiger partial charge in [0, 0.05) is 51.8 Å². The Kier molecular flexibility index (Phi) is 6.61. The molecule has 6 nitrogen and oxygen atoms in total. The maximum absolute atomic E-state index is 12.4. The highest BCUT2D eigenvalue weighted by atomic mass is 16.5. The van der Waals surface area contributed by atoms with Crippen molar-refractivity contribution in [3.05, 3.63) is 24.3 Å². The average molecular weight is 333 g/mol. The van der Waals surface area contributed by atoms with Gasteiger partial charge in [0.05, 0.1) is 6.61 Å². The number of hydrogen-bond donors (Lipinski definition) is 0. The van der Waals surface area contributed by atoms with E-state index < -0.39 is 0 Å². The molecule has 0 bridgehead atoms. The summed E-state index contributed by atoms with van der Waals surface area (Å²) in [7, 11) is 2.06. The van der Waals surface area contributed by atoms with Crippen molar-refractivity contribution in [3.63, 3.8) is 0 Å². The first-order chi connectivity index (χ1) is 11.5. The Hall–Kier alpha value is -2.08. The monoisotopic (exact) mass is 333 g/mol. The molecule has 1 aromatic carbocycles. The van der Waals surface area contributed by atoms with Gasteiger partial charge >= 0.3 is 0 Å².